The van der Waals surface area contributed by atoms with Gasteiger partial charge >= 0.3 is 0 Å². The van der Waals surface area contributed by atoms with Crippen LogP contribution in [0.3, 0.4) is 0 Å². The van der Waals surface area contributed by atoms with Crippen molar-refractivity contribution >= 4 is 32.8 Å². The van der Waals surface area contributed by atoms with E-state index in [1.165, 1.54) is 5.56 Å². The van der Waals surface area contributed by atoms with Crippen molar-refractivity contribution in [2.24, 2.45) is 0 Å². The van der Waals surface area contributed by atoms with E-state index in [1.807, 2.05) is 59.3 Å². The molecule has 3 heterocycles. The molecule has 0 atom stereocenters. The van der Waals surface area contributed by atoms with Gasteiger partial charge in [-0.3, -0.25) is 4.57 Å². The van der Waals surface area contributed by atoms with E-state index < -0.39 is 71.3 Å². The molecule has 0 unspecified atom stereocenters. The molecule has 0 radical (unpaired) electrons. The third-order valence-corrected chi connectivity index (χ3v) is 13.8. The van der Waals surface area contributed by atoms with Crippen molar-refractivity contribution in [3.8, 4) is 50.9 Å². The van der Waals surface area contributed by atoms with Crippen LogP contribution in [0.4, 0.5) is 0 Å². The van der Waals surface area contributed by atoms with E-state index in [9.17, 15) is 5.48 Å². The summed E-state index contributed by atoms with van der Waals surface area (Å²) in [4.78, 5) is 4.84. The first-order chi connectivity index (χ1) is 37.5. The summed E-state index contributed by atoms with van der Waals surface area (Å²) in [5.74, 6) is 1.54. The molecule has 0 N–H and O–H groups in total. The molecule has 0 saturated carbocycles. The molecule has 0 spiro atoms. The third-order valence-electron chi connectivity index (χ3n) is 13.8. The summed E-state index contributed by atoms with van der Waals surface area (Å²) in [5, 5.41) is 2.02. The van der Waals surface area contributed by atoms with E-state index in [0.717, 1.165) is 49.9 Å². The second-order valence-corrected chi connectivity index (χ2v) is 19.7. The summed E-state index contributed by atoms with van der Waals surface area (Å²) in [6.45, 7) is 15.3. The molecule has 12 rings (SSSR count). The number of fused-ring (bicyclic) bond motifs is 6. The van der Waals surface area contributed by atoms with Gasteiger partial charge in [-0.15, -0.1) is 29.7 Å². The van der Waals surface area contributed by atoms with Gasteiger partial charge in [0.1, 0.15) is 5.82 Å². The number of imidazole rings is 1. The minimum atomic E-state index is -0.574. The maximum absolute atomic E-state index is 9.27. The predicted molar refractivity (Wildman–Crippen MR) is 280 cm³/mol. The fourth-order valence-electron chi connectivity index (χ4n) is 10.3. The fraction of sp³-hybridized carbons (Fsp3) is 0.156. The maximum Gasteiger partial charge on any atom is 0.268 e. The number of rotatable bonds is 7. The number of hydrogen-bond donors (Lipinski definition) is 0. The molecule has 70 heavy (non-hydrogen) atoms. The number of para-hydroxylation sites is 2. The summed E-state index contributed by atoms with van der Waals surface area (Å²) in [7, 11) is 0. The van der Waals surface area contributed by atoms with Gasteiger partial charge in [0, 0.05) is 55.1 Å². The normalized spacial score (nSPS) is 15.8. The van der Waals surface area contributed by atoms with Gasteiger partial charge in [0.15, 0.2) is 0 Å². The van der Waals surface area contributed by atoms with E-state index in [4.69, 9.17) is 17.9 Å². The van der Waals surface area contributed by atoms with Gasteiger partial charge < -0.3 is 13.9 Å². The van der Waals surface area contributed by atoms with Gasteiger partial charge in [0.2, 0.25) is 0 Å². The van der Waals surface area contributed by atoms with E-state index in [0.29, 0.717) is 28.2 Å². The zero-order chi connectivity index (χ0) is 55.9. The minimum Gasteiger partial charge on any atom is -0.510 e. The first-order valence-electron chi connectivity index (χ1n) is 28.1. The molecule has 5 nitrogen and oxygen atoms in total. The Hall–Kier alpha value is -7.33. The molecule has 8 aromatic carbocycles. The molecule has 0 fully saturated rings. The van der Waals surface area contributed by atoms with E-state index in [-0.39, 0.29) is 54.4 Å². The number of pyridine rings is 1. The molecular weight excluding hydrogens is 1040 g/mol. The Morgan fingerprint density at radius 1 is 0.600 bits per heavy atom. The second kappa shape index (κ2) is 17.0. The van der Waals surface area contributed by atoms with Crippen LogP contribution in [0.2, 0.25) is 0 Å². The van der Waals surface area contributed by atoms with Crippen LogP contribution in [0.25, 0.3) is 72.3 Å². The summed E-state index contributed by atoms with van der Waals surface area (Å²) in [6.07, 6.45) is 5.43. The Bertz CT molecular complexity index is 4280. The monoisotopic (exact) mass is 1100 g/mol. The molecular formula is C64H52N4OPt-2. The minimum absolute atomic E-state index is 0. The summed E-state index contributed by atoms with van der Waals surface area (Å²) in [5.41, 5.74) is 7.96. The number of aromatic nitrogens is 4. The van der Waals surface area contributed by atoms with E-state index in [1.54, 1.807) is 28.8 Å². The van der Waals surface area contributed by atoms with Crippen LogP contribution in [0.15, 0.2) is 188 Å². The Morgan fingerprint density at radius 3 is 1.89 bits per heavy atom. The first-order valence-corrected chi connectivity index (χ1v) is 23.1. The average molecular weight is 1100 g/mol. The molecule has 3 aromatic heterocycles. The zero-order valence-corrected chi connectivity index (χ0v) is 41.9. The van der Waals surface area contributed by atoms with Crippen molar-refractivity contribution in [2.75, 3.05) is 0 Å². The summed E-state index contributed by atoms with van der Waals surface area (Å²) < 4.78 is 102. The topological polar surface area (TPSA) is 35.9 Å². The van der Waals surface area contributed by atoms with Crippen molar-refractivity contribution < 1.29 is 44.1 Å². The van der Waals surface area contributed by atoms with Gasteiger partial charge in [0.05, 0.1) is 30.4 Å². The molecule has 0 amide bonds. The number of ether oxygens (including phenoxy) is 1. The van der Waals surface area contributed by atoms with Crippen molar-refractivity contribution in [2.45, 2.75) is 64.7 Å². The largest absolute Gasteiger partial charge is 0.510 e. The smallest absolute Gasteiger partial charge is 0.268 e. The van der Waals surface area contributed by atoms with Gasteiger partial charge in [0.25, 0.3) is 6.33 Å². The SMILES string of the molecule is [2H]c1c([2H])c([2H])c(-c2cccc(-c3c([2H])c([2H])c([2H])c([2H])c3[2H])c2-[n+]2[c-]n(-c3[c-]c(Oc4[c-]c5c(cc4)c4ccccc4n5-c4cc(C(C)(C)C)ccn4)ccc3)c3cc4c(cc32)C(C)(C)c2ccccc2C4(C)C)c([2H])c1[2H].[Pt]. The standard InChI is InChI=1S/C64H52N4O.Pt/c1-62(2,3)44-34-35-65-60(36-44)68-56-31-17-14-26-50(56)51-33-32-47(38-57(51)68)69-46-25-18-24-45(37-46)66-41-67(61-48(42-20-10-8-11-21-42)27-19-28-49(61)43-22-12-9-13-23-43)59-40-55-54(39-58(59)66)63(4,5)52-29-15-16-30-53(52)64(55,6)7;/h8-36,39-40H,1-7H3;/q-2;/i8D,9D,10D,11D,12D,13D,20D,21D,22D,23D;. The Morgan fingerprint density at radius 2 is 1.21 bits per heavy atom. The quantitative estimate of drug-likeness (QED) is 0.118. The van der Waals surface area contributed by atoms with Crippen molar-refractivity contribution in [1.82, 2.24) is 14.1 Å². The molecule has 0 aliphatic heterocycles. The van der Waals surface area contributed by atoms with Crippen molar-refractivity contribution in [1.29, 1.82) is 0 Å². The molecule has 1 aliphatic rings. The van der Waals surface area contributed by atoms with E-state index >= 15 is 0 Å². The van der Waals surface area contributed by atoms with Crippen molar-refractivity contribution in [3.05, 3.63) is 234 Å². The molecule has 6 heteroatoms. The van der Waals surface area contributed by atoms with Crippen LogP contribution >= 0.6 is 0 Å². The van der Waals surface area contributed by atoms with Crippen LogP contribution < -0.4 is 9.30 Å². The zero-order valence-electron chi connectivity index (χ0n) is 49.6. The number of hydrogen-bond acceptors (Lipinski definition) is 2. The van der Waals surface area contributed by atoms with Crippen LogP contribution in [0.5, 0.6) is 11.5 Å². The van der Waals surface area contributed by atoms with Gasteiger partial charge in [-0.1, -0.05) is 175 Å². The van der Waals surface area contributed by atoms with Gasteiger partial charge in [-0.25, -0.2) is 4.98 Å². The van der Waals surface area contributed by atoms with Gasteiger partial charge in [-0.05, 0) is 96.9 Å². The van der Waals surface area contributed by atoms with Crippen LogP contribution in [0, 0.1) is 18.5 Å². The van der Waals surface area contributed by atoms with Crippen LogP contribution in [-0.2, 0) is 37.3 Å². The van der Waals surface area contributed by atoms with Gasteiger partial charge in [-0.2, -0.15) is 18.2 Å². The predicted octanol–water partition coefficient (Wildman–Crippen LogP) is 15.2. The van der Waals surface area contributed by atoms with E-state index in [2.05, 4.69) is 120 Å². The fourth-order valence-corrected chi connectivity index (χ4v) is 10.3. The third kappa shape index (κ3) is 7.33. The Balaban J connectivity index is 0.00000675. The molecule has 11 aromatic rings. The molecule has 1 aliphatic carbocycles. The Kier molecular flexibility index (Phi) is 8.45. The average Bonchev–Trinajstić information content (AvgIpc) is 4.00. The molecule has 0 saturated heterocycles. The van der Waals surface area contributed by atoms with Crippen LogP contribution in [0.1, 0.15) is 90.0 Å². The number of nitrogens with zero attached hydrogens (tertiary/aromatic N) is 4. The number of benzene rings is 8. The first kappa shape index (κ1) is 34.9. The van der Waals surface area contributed by atoms with Crippen LogP contribution in [-0.4, -0.2) is 14.1 Å². The second-order valence-electron chi connectivity index (χ2n) is 19.7. The molecule has 0 bridgehead atoms. The maximum atomic E-state index is 9.27. The Labute approximate surface area is 439 Å². The van der Waals surface area contributed by atoms with Crippen molar-refractivity contribution in [3.63, 3.8) is 0 Å². The summed E-state index contributed by atoms with van der Waals surface area (Å²) >= 11 is 0. The molecule has 346 valence electrons. The summed E-state index contributed by atoms with van der Waals surface area (Å²) in [6, 6.07) is 41.1.